The first-order valence-electron chi connectivity index (χ1n) is 15.9. The normalized spacial score (nSPS) is 25.8. The number of benzene rings is 2. The van der Waals surface area contributed by atoms with Gasteiger partial charge < -0.3 is 45.1 Å². The second kappa shape index (κ2) is 14.5. The lowest BCUT2D eigenvalue weighted by Gasteiger charge is -2.43. The number of fused-ring (bicyclic) bond motifs is 3. The number of nitrogens with one attached hydrogen (secondary N) is 1. The Kier molecular flexibility index (Phi) is 10.6. The quantitative estimate of drug-likeness (QED) is 0.0527. The highest BCUT2D eigenvalue weighted by Gasteiger charge is 2.50. The van der Waals surface area contributed by atoms with Gasteiger partial charge >= 0.3 is 0 Å². The fourth-order valence-corrected chi connectivity index (χ4v) is 6.83. The van der Waals surface area contributed by atoms with Crippen LogP contribution in [0, 0.1) is 0 Å². The van der Waals surface area contributed by atoms with E-state index in [9.17, 15) is 44.7 Å². The van der Waals surface area contributed by atoms with Gasteiger partial charge in [0, 0.05) is 53.8 Å². The van der Waals surface area contributed by atoms with Crippen LogP contribution in [-0.4, -0.2) is 99.2 Å². The molecular formula is C33H38N4O12. The number of carbonyl (C=O) groups is 4. The molecule has 16 nitrogen and oxygen atoms in total. The molecule has 0 bridgehead atoms. The number of aromatic hydroxyl groups is 2. The van der Waals surface area contributed by atoms with Gasteiger partial charge in [0.05, 0.1) is 42.0 Å². The van der Waals surface area contributed by atoms with Crippen LogP contribution >= 0.6 is 0 Å². The Morgan fingerprint density at radius 3 is 2.55 bits per heavy atom. The highest BCUT2D eigenvalue weighted by Crippen LogP contribution is 2.52. The number of amides is 1. The molecule has 4 unspecified atom stereocenters. The minimum Gasteiger partial charge on any atom is -0.507 e. The molecule has 1 heterocycles. The number of phenolic OH excluding ortho intramolecular Hbond substituents is 2. The molecule has 49 heavy (non-hydrogen) atoms. The number of hydrogen-bond donors (Lipinski definition) is 6. The van der Waals surface area contributed by atoms with Crippen LogP contribution in [0.15, 0.2) is 23.3 Å². The molecule has 262 valence electrons. The van der Waals surface area contributed by atoms with Crippen molar-refractivity contribution in [1.29, 1.82) is 0 Å². The molecule has 16 heteroatoms. The van der Waals surface area contributed by atoms with E-state index in [4.69, 9.17) is 19.7 Å². The van der Waals surface area contributed by atoms with Gasteiger partial charge in [-0.3, -0.25) is 19.2 Å². The zero-order valence-corrected chi connectivity index (χ0v) is 26.9. The summed E-state index contributed by atoms with van der Waals surface area (Å²) in [6.45, 7) is 0.798. The third-order valence-electron chi connectivity index (χ3n) is 9.33. The Bertz CT molecular complexity index is 1720. The third kappa shape index (κ3) is 6.71. The summed E-state index contributed by atoms with van der Waals surface area (Å²) in [5, 5.41) is 61.4. The van der Waals surface area contributed by atoms with Gasteiger partial charge in [-0.25, -0.2) is 0 Å². The van der Waals surface area contributed by atoms with Crippen molar-refractivity contribution < 1.29 is 58.9 Å². The Morgan fingerprint density at radius 2 is 1.86 bits per heavy atom. The molecule has 2 aromatic carbocycles. The van der Waals surface area contributed by atoms with E-state index in [1.807, 2.05) is 0 Å². The second-order valence-electron chi connectivity index (χ2n) is 12.4. The number of unbranched alkanes of at least 4 members (excludes halogenated alkanes) is 2. The number of ketones is 3. The molecule has 1 fully saturated rings. The minimum atomic E-state index is -2.32. The SMILES string of the molecule is COc1cccc2c1C(=O)c1c(O)c3c(c(O)c1C2=O)C[C@@](O)(C(=O)CO)C[C@@H]3OC1CC(NC(=O)CCCCCN=[N+]=[N-])C(O)C(C)O1. The molecule has 6 atom stereocenters. The van der Waals surface area contributed by atoms with E-state index in [0.29, 0.717) is 25.8 Å². The number of phenols is 2. The standard InChI is InChI=1S/C33H38N4O12/c1-15-28(41)18(36-22(40)9-4-3-5-10-35-37-34)11-23(48-15)49-20-13-33(46,21(39)14-38)12-17-25(20)32(45)27-26(30(17)43)29(42)16-7-6-8-19(47-2)24(16)31(27)44/h6-8,15,18,20,23,28,38,41,43,45-46H,3-5,9-14H2,1-2H3,(H,36,40)/t15?,18?,20-,23?,28?,33-/m0/s1. The first-order chi connectivity index (χ1) is 23.4. The summed E-state index contributed by atoms with van der Waals surface area (Å²) in [6, 6.07) is 3.47. The van der Waals surface area contributed by atoms with E-state index in [-0.39, 0.29) is 46.8 Å². The van der Waals surface area contributed by atoms with Crippen LogP contribution < -0.4 is 10.1 Å². The number of Topliss-reactive ketones (excluding diaryl/α,β-unsaturated/α-hetero) is 1. The number of hydrogen-bond acceptors (Lipinski definition) is 13. The third-order valence-corrected chi connectivity index (χ3v) is 9.33. The maximum Gasteiger partial charge on any atom is 0.220 e. The maximum absolute atomic E-state index is 13.8. The average molecular weight is 683 g/mol. The number of methoxy groups -OCH3 is 1. The topological polar surface area (TPSA) is 258 Å². The average Bonchev–Trinajstić information content (AvgIpc) is 3.07. The number of ether oxygens (including phenoxy) is 3. The van der Waals surface area contributed by atoms with Gasteiger partial charge in [-0.1, -0.05) is 23.7 Å². The fraction of sp³-hybridized carbons (Fsp3) is 0.515. The number of azide groups is 1. The summed E-state index contributed by atoms with van der Waals surface area (Å²) in [4.78, 5) is 55.7. The van der Waals surface area contributed by atoms with E-state index >= 15 is 0 Å². The highest BCUT2D eigenvalue weighted by molar-refractivity contribution is 6.31. The molecule has 1 amide bonds. The van der Waals surface area contributed by atoms with Gasteiger partial charge in [0.2, 0.25) is 11.7 Å². The molecule has 1 aliphatic heterocycles. The lowest BCUT2D eigenvalue weighted by atomic mass is 9.72. The van der Waals surface area contributed by atoms with Crippen LogP contribution in [0.2, 0.25) is 0 Å². The molecule has 6 N–H and O–H groups in total. The van der Waals surface area contributed by atoms with E-state index in [2.05, 4.69) is 15.3 Å². The van der Waals surface area contributed by atoms with Crippen molar-refractivity contribution in [3.8, 4) is 17.2 Å². The molecule has 0 saturated carbocycles. The van der Waals surface area contributed by atoms with Crippen LogP contribution in [0.5, 0.6) is 17.2 Å². The largest absolute Gasteiger partial charge is 0.507 e. The first kappa shape index (κ1) is 35.7. The smallest absolute Gasteiger partial charge is 0.220 e. The van der Waals surface area contributed by atoms with Crippen LogP contribution in [0.3, 0.4) is 0 Å². The molecule has 3 aliphatic rings. The minimum absolute atomic E-state index is 0.0678. The van der Waals surface area contributed by atoms with Gasteiger partial charge in [0.25, 0.3) is 0 Å². The van der Waals surface area contributed by atoms with E-state index in [0.717, 1.165) is 0 Å². The summed E-state index contributed by atoms with van der Waals surface area (Å²) in [6.07, 6.45) is -4.00. The lowest BCUT2D eigenvalue weighted by molar-refractivity contribution is -0.249. The summed E-state index contributed by atoms with van der Waals surface area (Å²) in [7, 11) is 1.31. The molecule has 2 aromatic rings. The van der Waals surface area contributed by atoms with Gasteiger partial charge in [-0.15, -0.1) is 0 Å². The Balaban J connectivity index is 1.47. The van der Waals surface area contributed by atoms with Gasteiger partial charge in [-0.05, 0) is 31.4 Å². The summed E-state index contributed by atoms with van der Waals surface area (Å²) >= 11 is 0. The van der Waals surface area contributed by atoms with E-state index < -0.39 is 95.7 Å². The van der Waals surface area contributed by atoms with Crippen molar-refractivity contribution in [2.45, 2.75) is 88.1 Å². The molecule has 2 aliphatic carbocycles. The fourth-order valence-electron chi connectivity index (χ4n) is 6.83. The Hall–Kier alpha value is -4.57. The molecule has 5 rings (SSSR count). The molecule has 1 saturated heterocycles. The number of aliphatic hydroxyl groups is 3. The van der Waals surface area contributed by atoms with Crippen LogP contribution in [0.4, 0.5) is 0 Å². The second-order valence-corrected chi connectivity index (χ2v) is 12.4. The van der Waals surface area contributed by atoms with Crippen LogP contribution in [-0.2, 0) is 25.5 Å². The molecule has 0 radical (unpaired) electrons. The van der Waals surface area contributed by atoms with Crippen molar-refractivity contribution in [2.75, 3.05) is 20.3 Å². The zero-order valence-electron chi connectivity index (χ0n) is 26.9. The Morgan fingerprint density at radius 1 is 1.12 bits per heavy atom. The van der Waals surface area contributed by atoms with Gasteiger partial charge in [0.1, 0.15) is 35.6 Å². The van der Waals surface area contributed by atoms with E-state index in [1.54, 1.807) is 6.92 Å². The summed E-state index contributed by atoms with van der Waals surface area (Å²) in [5.41, 5.74) is 4.41. The molecular weight excluding hydrogens is 644 g/mol. The van der Waals surface area contributed by atoms with Crippen molar-refractivity contribution >= 4 is 23.3 Å². The van der Waals surface area contributed by atoms with Crippen LogP contribution in [0.25, 0.3) is 10.4 Å². The zero-order chi connectivity index (χ0) is 35.6. The number of carbonyl (C=O) groups excluding carboxylic acids is 4. The number of nitrogens with zero attached hydrogens (tertiary/aromatic N) is 3. The predicted molar refractivity (Wildman–Crippen MR) is 168 cm³/mol. The van der Waals surface area contributed by atoms with Gasteiger partial charge in [-0.2, -0.15) is 0 Å². The Labute approximate surface area is 280 Å². The first-order valence-corrected chi connectivity index (χ1v) is 15.9. The summed E-state index contributed by atoms with van der Waals surface area (Å²) in [5.74, 6) is -4.36. The van der Waals surface area contributed by atoms with Crippen molar-refractivity contribution in [3.05, 3.63) is 62.0 Å². The maximum atomic E-state index is 13.8. The van der Waals surface area contributed by atoms with Crippen LogP contribution in [0.1, 0.15) is 94.5 Å². The lowest BCUT2D eigenvalue weighted by Crippen LogP contribution is -2.55. The van der Waals surface area contributed by atoms with Crippen molar-refractivity contribution in [2.24, 2.45) is 5.11 Å². The molecule has 0 spiro atoms. The number of rotatable bonds is 12. The predicted octanol–water partition coefficient (Wildman–Crippen LogP) is 2.03. The highest BCUT2D eigenvalue weighted by atomic mass is 16.7. The number of aliphatic hydroxyl groups excluding tert-OH is 2. The van der Waals surface area contributed by atoms with Gasteiger partial charge in [0.15, 0.2) is 17.9 Å². The monoisotopic (exact) mass is 682 g/mol. The molecule has 0 aromatic heterocycles. The van der Waals surface area contributed by atoms with Crippen molar-refractivity contribution in [1.82, 2.24) is 5.32 Å². The summed E-state index contributed by atoms with van der Waals surface area (Å²) < 4.78 is 17.4. The van der Waals surface area contributed by atoms with E-state index in [1.165, 1.54) is 25.3 Å². The van der Waals surface area contributed by atoms with Crippen molar-refractivity contribution in [3.63, 3.8) is 0 Å².